The number of hydrogen-bond acceptors (Lipinski definition) is 9. The smallest absolute Gasteiger partial charge is 0.341 e. The molecule has 4 rings (SSSR count). The fourth-order valence-electron chi connectivity index (χ4n) is 3.65. The number of rotatable bonds is 12. The molecule has 1 N–H and O–H groups in total. The van der Waals surface area contributed by atoms with Gasteiger partial charge in [-0.2, -0.15) is 0 Å². The fourth-order valence-corrected chi connectivity index (χ4v) is 5.44. The third kappa shape index (κ3) is 6.53. The van der Waals surface area contributed by atoms with Crippen molar-refractivity contribution in [1.29, 1.82) is 0 Å². The number of aromatic nitrogens is 3. The standard InChI is InChI=1S/C27H28N4O5S2/c1-4-31-22(15-36-20-13-11-19(34-3)12-14-20)29-30-27(31)38-17-23(32)28-25-24(26(33)35-5-2)21(16-37-25)18-9-7-6-8-10-18/h6-14,16H,4-5,15,17H2,1-3H3,(H,28,32). The fraction of sp³-hybridized carbons (Fsp3) is 0.259. The number of hydrogen-bond donors (Lipinski definition) is 1. The average molecular weight is 553 g/mol. The van der Waals surface area contributed by atoms with Crippen LogP contribution in [0.25, 0.3) is 11.1 Å². The quantitative estimate of drug-likeness (QED) is 0.181. The summed E-state index contributed by atoms with van der Waals surface area (Å²) in [6, 6.07) is 16.8. The van der Waals surface area contributed by atoms with Gasteiger partial charge in [-0.05, 0) is 43.7 Å². The van der Waals surface area contributed by atoms with Crippen molar-refractivity contribution in [3.8, 4) is 22.6 Å². The molecular weight excluding hydrogens is 524 g/mol. The molecule has 0 fully saturated rings. The van der Waals surface area contributed by atoms with Crippen LogP contribution in [0.15, 0.2) is 65.1 Å². The van der Waals surface area contributed by atoms with Crippen LogP contribution in [0.3, 0.4) is 0 Å². The van der Waals surface area contributed by atoms with Gasteiger partial charge in [-0.3, -0.25) is 4.79 Å². The van der Waals surface area contributed by atoms with Gasteiger partial charge in [0, 0.05) is 17.5 Å². The summed E-state index contributed by atoms with van der Waals surface area (Å²) in [4.78, 5) is 25.6. The number of carbonyl (C=O) groups is 2. The van der Waals surface area contributed by atoms with Crippen molar-refractivity contribution in [2.24, 2.45) is 0 Å². The Kier molecular flexibility index (Phi) is 9.39. The van der Waals surface area contributed by atoms with E-state index in [1.54, 1.807) is 14.0 Å². The van der Waals surface area contributed by atoms with Crippen LogP contribution < -0.4 is 14.8 Å². The van der Waals surface area contributed by atoms with Gasteiger partial charge in [-0.15, -0.1) is 21.5 Å². The van der Waals surface area contributed by atoms with Gasteiger partial charge in [0.2, 0.25) is 5.91 Å². The maximum atomic E-state index is 12.9. The number of amides is 1. The molecule has 198 valence electrons. The van der Waals surface area contributed by atoms with Gasteiger partial charge in [0.25, 0.3) is 0 Å². The largest absolute Gasteiger partial charge is 0.497 e. The van der Waals surface area contributed by atoms with Gasteiger partial charge in [0.05, 0.1) is 19.5 Å². The van der Waals surface area contributed by atoms with Crippen LogP contribution in [0.1, 0.15) is 30.0 Å². The Morgan fingerprint density at radius 3 is 2.45 bits per heavy atom. The van der Waals surface area contributed by atoms with Gasteiger partial charge < -0.3 is 24.1 Å². The Balaban J connectivity index is 1.41. The third-order valence-corrected chi connectivity index (χ3v) is 7.34. The summed E-state index contributed by atoms with van der Waals surface area (Å²) in [7, 11) is 1.61. The monoisotopic (exact) mass is 552 g/mol. The lowest BCUT2D eigenvalue weighted by molar-refractivity contribution is -0.113. The molecule has 2 heterocycles. The Morgan fingerprint density at radius 2 is 1.76 bits per heavy atom. The first kappa shape index (κ1) is 27.2. The Hall–Kier alpha value is -3.83. The molecular formula is C27H28N4O5S2. The van der Waals surface area contributed by atoms with E-state index < -0.39 is 5.97 Å². The maximum Gasteiger partial charge on any atom is 0.341 e. The first-order valence-electron chi connectivity index (χ1n) is 12.0. The molecule has 11 heteroatoms. The average Bonchev–Trinajstić information content (AvgIpc) is 3.55. The topological polar surface area (TPSA) is 105 Å². The first-order valence-corrected chi connectivity index (χ1v) is 13.9. The minimum atomic E-state index is -0.470. The van der Waals surface area contributed by atoms with E-state index in [4.69, 9.17) is 14.2 Å². The Labute approximate surface area is 229 Å². The normalized spacial score (nSPS) is 10.7. The van der Waals surface area contributed by atoms with Crippen molar-refractivity contribution in [2.75, 3.05) is 24.8 Å². The second-order valence-electron chi connectivity index (χ2n) is 7.88. The summed E-state index contributed by atoms with van der Waals surface area (Å²) in [6.45, 7) is 4.83. The molecule has 0 atom stereocenters. The summed E-state index contributed by atoms with van der Waals surface area (Å²) in [6.07, 6.45) is 0. The number of carbonyl (C=O) groups excluding carboxylic acids is 2. The van der Waals surface area contributed by atoms with E-state index in [1.165, 1.54) is 23.1 Å². The van der Waals surface area contributed by atoms with Crippen LogP contribution >= 0.6 is 23.1 Å². The van der Waals surface area contributed by atoms with Crippen molar-refractivity contribution in [3.63, 3.8) is 0 Å². The number of methoxy groups -OCH3 is 1. The minimum Gasteiger partial charge on any atom is -0.497 e. The van der Waals surface area contributed by atoms with Gasteiger partial charge in [0.15, 0.2) is 11.0 Å². The highest BCUT2D eigenvalue weighted by molar-refractivity contribution is 7.99. The molecule has 0 aliphatic rings. The molecule has 1 amide bonds. The predicted octanol–water partition coefficient (Wildman–Crippen LogP) is 5.52. The van der Waals surface area contributed by atoms with Gasteiger partial charge >= 0.3 is 5.97 Å². The minimum absolute atomic E-state index is 0.0955. The Bertz CT molecular complexity index is 1370. The highest BCUT2D eigenvalue weighted by Crippen LogP contribution is 2.36. The summed E-state index contributed by atoms with van der Waals surface area (Å²) in [5, 5.41) is 14.3. The molecule has 0 bridgehead atoms. The van der Waals surface area contributed by atoms with Crippen molar-refractivity contribution < 1.29 is 23.8 Å². The summed E-state index contributed by atoms with van der Waals surface area (Å²) >= 11 is 2.56. The molecule has 0 saturated carbocycles. The first-order chi connectivity index (χ1) is 18.5. The van der Waals surface area contributed by atoms with Crippen molar-refractivity contribution in [1.82, 2.24) is 14.8 Å². The molecule has 0 unspecified atom stereocenters. The molecule has 0 aliphatic carbocycles. The number of anilines is 1. The van der Waals surface area contributed by atoms with Crippen LogP contribution in [-0.4, -0.2) is 46.1 Å². The van der Waals surface area contributed by atoms with Gasteiger partial charge in [-0.25, -0.2) is 4.79 Å². The van der Waals surface area contributed by atoms with Gasteiger partial charge in [-0.1, -0.05) is 42.1 Å². The van der Waals surface area contributed by atoms with Crippen LogP contribution in [0, 0.1) is 0 Å². The molecule has 4 aromatic rings. The second-order valence-corrected chi connectivity index (χ2v) is 9.71. The van der Waals surface area contributed by atoms with Crippen LogP contribution in [0.4, 0.5) is 5.00 Å². The number of esters is 1. The number of thiophene rings is 1. The zero-order valence-corrected chi connectivity index (χ0v) is 22.9. The lowest BCUT2D eigenvalue weighted by Crippen LogP contribution is -2.17. The molecule has 0 radical (unpaired) electrons. The summed E-state index contributed by atoms with van der Waals surface area (Å²) in [5.41, 5.74) is 1.96. The van der Waals surface area contributed by atoms with Crippen molar-refractivity contribution in [3.05, 3.63) is 71.4 Å². The van der Waals surface area contributed by atoms with Crippen LogP contribution in [0.2, 0.25) is 0 Å². The zero-order chi connectivity index (χ0) is 26.9. The van der Waals surface area contributed by atoms with E-state index in [-0.39, 0.29) is 24.9 Å². The maximum absolute atomic E-state index is 12.9. The molecule has 0 saturated heterocycles. The van der Waals surface area contributed by atoms with Crippen LogP contribution in [0.5, 0.6) is 11.5 Å². The molecule has 0 spiro atoms. The predicted molar refractivity (Wildman–Crippen MR) is 148 cm³/mol. The van der Waals surface area contributed by atoms with E-state index in [0.29, 0.717) is 33.8 Å². The van der Waals surface area contributed by atoms with Crippen LogP contribution in [-0.2, 0) is 22.7 Å². The molecule has 2 aromatic heterocycles. The lowest BCUT2D eigenvalue weighted by atomic mass is 10.0. The third-order valence-electron chi connectivity index (χ3n) is 5.48. The summed E-state index contributed by atoms with van der Waals surface area (Å²) < 4.78 is 18.2. The lowest BCUT2D eigenvalue weighted by Gasteiger charge is -2.10. The molecule has 0 aliphatic heterocycles. The number of benzene rings is 2. The SMILES string of the molecule is CCOC(=O)c1c(-c2ccccc2)csc1NC(=O)CSc1nnc(COc2ccc(OC)cc2)n1CC. The second kappa shape index (κ2) is 13.1. The highest BCUT2D eigenvalue weighted by Gasteiger charge is 2.23. The van der Waals surface area contributed by atoms with Crippen molar-refractivity contribution in [2.45, 2.75) is 32.2 Å². The number of nitrogens with zero attached hydrogens (tertiary/aromatic N) is 3. The van der Waals surface area contributed by atoms with E-state index in [2.05, 4.69) is 15.5 Å². The van der Waals surface area contributed by atoms with E-state index in [0.717, 1.165) is 16.9 Å². The van der Waals surface area contributed by atoms with E-state index in [1.807, 2.05) is 71.5 Å². The van der Waals surface area contributed by atoms with Gasteiger partial charge in [0.1, 0.15) is 28.7 Å². The number of nitrogens with one attached hydrogen (secondary N) is 1. The molecule has 2 aromatic carbocycles. The van der Waals surface area contributed by atoms with E-state index >= 15 is 0 Å². The van der Waals surface area contributed by atoms with Crippen molar-refractivity contribution >= 4 is 40.0 Å². The molecule has 38 heavy (non-hydrogen) atoms. The number of ether oxygens (including phenoxy) is 3. The zero-order valence-electron chi connectivity index (χ0n) is 21.3. The highest BCUT2D eigenvalue weighted by atomic mass is 32.2. The Morgan fingerprint density at radius 1 is 1.03 bits per heavy atom. The summed E-state index contributed by atoms with van der Waals surface area (Å²) in [5.74, 6) is 1.46. The number of thioether (sulfide) groups is 1. The van der Waals surface area contributed by atoms with E-state index in [9.17, 15) is 9.59 Å². The molecule has 9 nitrogen and oxygen atoms in total.